The zero-order chi connectivity index (χ0) is 22.8. The average molecular weight is 454 g/mol. The van der Waals surface area contributed by atoms with Gasteiger partial charge in [-0.05, 0) is 55.9 Å². The van der Waals surface area contributed by atoms with E-state index in [1.165, 1.54) is 24.6 Å². The molecule has 2 aromatic carbocycles. The third-order valence-corrected chi connectivity index (χ3v) is 7.77. The van der Waals surface area contributed by atoms with E-state index in [-0.39, 0.29) is 23.4 Å². The summed E-state index contributed by atoms with van der Waals surface area (Å²) in [5, 5.41) is 10.1. The van der Waals surface area contributed by atoms with Gasteiger partial charge in [0.1, 0.15) is 11.6 Å². The van der Waals surface area contributed by atoms with Gasteiger partial charge >= 0.3 is 0 Å². The van der Waals surface area contributed by atoms with Gasteiger partial charge in [-0.3, -0.25) is 4.79 Å². The van der Waals surface area contributed by atoms with Crippen LogP contribution in [0.3, 0.4) is 0 Å². The highest BCUT2D eigenvalue weighted by atomic mass is 19.1. The Kier molecular flexibility index (Phi) is 6.26. The van der Waals surface area contributed by atoms with Gasteiger partial charge < -0.3 is 16.0 Å². The van der Waals surface area contributed by atoms with Crippen molar-refractivity contribution >= 4 is 17.3 Å². The largest absolute Gasteiger partial charge is 0.357 e. The maximum atomic E-state index is 15.4. The van der Waals surface area contributed by atoms with Crippen LogP contribution in [0.5, 0.6) is 0 Å². The summed E-state index contributed by atoms with van der Waals surface area (Å²) in [5.41, 5.74) is 0.0216. The Labute approximate surface area is 194 Å². The van der Waals surface area contributed by atoms with Crippen LogP contribution in [-0.2, 0) is 10.5 Å². The Morgan fingerprint density at radius 2 is 1.36 bits per heavy atom. The van der Waals surface area contributed by atoms with E-state index in [4.69, 9.17) is 0 Å². The van der Waals surface area contributed by atoms with Gasteiger partial charge in [0.15, 0.2) is 5.66 Å². The number of benzene rings is 2. The Hall–Kier alpha value is -2.63. The van der Waals surface area contributed by atoms with Crippen LogP contribution in [0.1, 0.15) is 69.8 Å². The van der Waals surface area contributed by atoms with Gasteiger partial charge in [-0.15, -0.1) is 0 Å². The number of hydrogen-bond donors (Lipinski definition) is 3. The second kappa shape index (κ2) is 9.32. The van der Waals surface area contributed by atoms with Crippen molar-refractivity contribution in [3.63, 3.8) is 0 Å². The first kappa shape index (κ1) is 22.2. The van der Waals surface area contributed by atoms with Crippen molar-refractivity contribution in [3.05, 3.63) is 59.7 Å². The summed E-state index contributed by atoms with van der Waals surface area (Å²) in [4.78, 5) is 14.0. The molecule has 5 rings (SSSR count). The number of amides is 1. The number of fused-ring (bicyclic) bond motifs is 1. The summed E-state index contributed by atoms with van der Waals surface area (Å²) in [7, 11) is 0. The van der Waals surface area contributed by atoms with E-state index in [1.54, 1.807) is 0 Å². The normalized spacial score (nSPS) is 21.5. The molecule has 0 saturated heterocycles. The Bertz CT molecular complexity index is 953. The second-order valence-corrected chi connectivity index (χ2v) is 9.92. The number of carbonyl (C=O) groups is 1. The highest BCUT2D eigenvalue weighted by Crippen LogP contribution is 2.50. The van der Waals surface area contributed by atoms with E-state index in [2.05, 4.69) is 16.0 Å². The number of para-hydroxylation sites is 2. The lowest BCUT2D eigenvalue weighted by Gasteiger charge is -2.44. The smallest absolute Gasteiger partial charge is 0.228 e. The predicted octanol–water partition coefficient (Wildman–Crippen LogP) is 6.30. The second-order valence-electron chi connectivity index (χ2n) is 9.92. The zero-order valence-electron chi connectivity index (χ0n) is 19.0. The summed E-state index contributed by atoms with van der Waals surface area (Å²) in [6.45, 7) is 0. The van der Waals surface area contributed by atoms with E-state index < -0.39 is 23.2 Å². The molecule has 1 amide bonds. The van der Waals surface area contributed by atoms with E-state index >= 15 is 8.78 Å². The molecule has 2 fully saturated rings. The molecular formula is C27H33F2N3O. The van der Waals surface area contributed by atoms with Crippen molar-refractivity contribution in [3.8, 4) is 0 Å². The summed E-state index contributed by atoms with van der Waals surface area (Å²) in [6.07, 6.45) is 10.3. The van der Waals surface area contributed by atoms with E-state index in [0.717, 1.165) is 69.2 Å². The lowest BCUT2D eigenvalue weighted by molar-refractivity contribution is -0.130. The highest BCUT2D eigenvalue weighted by molar-refractivity contribution is 5.86. The molecule has 0 bridgehead atoms. The molecule has 33 heavy (non-hydrogen) atoms. The van der Waals surface area contributed by atoms with Crippen LogP contribution in [-0.4, -0.2) is 11.9 Å². The molecule has 2 saturated carbocycles. The summed E-state index contributed by atoms with van der Waals surface area (Å²) < 4.78 is 30.7. The zero-order valence-corrected chi connectivity index (χ0v) is 19.0. The maximum Gasteiger partial charge on any atom is 0.228 e. The monoisotopic (exact) mass is 453 g/mol. The molecule has 4 nitrogen and oxygen atoms in total. The van der Waals surface area contributed by atoms with Crippen LogP contribution < -0.4 is 16.0 Å². The molecule has 0 spiro atoms. The number of rotatable bonds is 5. The van der Waals surface area contributed by atoms with Gasteiger partial charge in [0, 0.05) is 6.04 Å². The number of nitrogens with one attached hydrogen (secondary N) is 3. The lowest BCUT2D eigenvalue weighted by Crippen LogP contribution is -2.57. The molecule has 6 heteroatoms. The van der Waals surface area contributed by atoms with Gasteiger partial charge in [-0.1, -0.05) is 56.7 Å². The number of hydrogen-bond acceptors (Lipinski definition) is 3. The fraction of sp³-hybridized carbons (Fsp3) is 0.519. The topological polar surface area (TPSA) is 53.2 Å². The Balaban J connectivity index is 1.61. The molecule has 3 N–H and O–H groups in total. The summed E-state index contributed by atoms with van der Waals surface area (Å²) in [5.74, 6) is -2.03. The van der Waals surface area contributed by atoms with E-state index in [0.29, 0.717) is 0 Å². The minimum Gasteiger partial charge on any atom is -0.357 e. The minimum absolute atomic E-state index is 0.0238. The van der Waals surface area contributed by atoms with Crippen molar-refractivity contribution in [2.75, 3.05) is 10.6 Å². The van der Waals surface area contributed by atoms with Crippen LogP contribution in [0.4, 0.5) is 20.2 Å². The first-order valence-corrected chi connectivity index (χ1v) is 12.5. The SMILES string of the molecule is O=C(NC1CCCCC1)C(C1CCCCC1)C1(c2c(F)cccc2F)Nc2ccccc2N1. The van der Waals surface area contributed by atoms with Gasteiger partial charge in [0.2, 0.25) is 5.91 Å². The van der Waals surface area contributed by atoms with Crippen molar-refractivity contribution in [2.24, 2.45) is 11.8 Å². The minimum atomic E-state index is -1.39. The molecule has 176 valence electrons. The fourth-order valence-electron chi connectivity index (χ4n) is 6.24. The van der Waals surface area contributed by atoms with Crippen LogP contribution in [0, 0.1) is 23.5 Å². The van der Waals surface area contributed by atoms with Gasteiger partial charge in [0.05, 0.1) is 22.9 Å². The third-order valence-electron chi connectivity index (χ3n) is 7.77. The molecule has 2 aromatic rings. The van der Waals surface area contributed by atoms with Gasteiger partial charge in [0.25, 0.3) is 0 Å². The van der Waals surface area contributed by atoms with Crippen LogP contribution >= 0.6 is 0 Å². The number of halogens is 2. The Morgan fingerprint density at radius 1 is 0.818 bits per heavy atom. The quantitative estimate of drug-likeness (QED) is 0.498. The molecule has 3 aliphatic rings. The van der Waals surface area contributed by atoms with E-state index in [1.807, 2.05) is 24.3 Å². The predicted molar refractivity (Wildman–Crippen MR) is 127 cm³/mol. The molecule has 1 aliphatic heterocycles. The first-order valence-electron chi connectivity index (χ1n) is 12.5. The summed E-state index contributed by atoms with van der Waals surface area (Å²) >= 11 is 0. The fourth-order valence-corrected chi connectivity index (χ4v) is 6.24. The van der Waals surface area contributed by atoms with Crippen molar-refractivity contribution in [1.29, 1.82) is 0 Å². The van der Waals surface area contributed by atoms with Crippen molar-refractivity contribution in [2.45, 2.75) is 75.9 Å². The molecule has 2 aliphatic carbocycles. The summed E-state index contributed by atoms with van der Waals surface area (Å²) in [6, 6.07) is 11.6. The van der Waals surface area contributed by atoms with Gasteiger partial charge in [-0.25, -0.2) is 8.78 Å². The highest BCUT2D eigenvalue weighted by Gasteiger charge is 2.54. The van der Waals surface area contributed by atoms with Crippen LogP contribution in [0.15, 0.2) is 42.5 Å². The molecule has 0 aromatic heterocycles. The van der Waals surface area contributed by atoms with Gasteiger partial charge in [-0.2, -0.15) is 0 Å². The molecule has 1 atom stereocenters. The molecular weight excluding hydrogens is 420 g/mol. The lowest BCUT2D eigenvalue weighted by atomic mass is 9.70. The molecule has 0 radical (unpaired) electrons. The standard InChI is InChI=1S/C27H33F2N3O/c28-20-14-9-15-21(29)25(20)27(31-22-16-7-8-17-23(22)32-27)24(18-10-3-1-4-11-18)26(33)30-19-12-5-2-6-13-19/h7-9,14-19,24,31-32H,1-6,10-13H2,(H,30,33). The van der Waals surface area contributed by atoms with E-state index in [9.17, 15) is 4.79 Å². The molecule has 1 heterocycles. The third kappa shape index (κ3) is 4.20. The van der Waals surface area contributed by atoms with Crippen LogP contribution in [0.2, 0.25) is 0 Å². The number of carbonyl (C=O) groups excluding carboxylic acids is 1. The van der Waals surface area contributed by atoms with Crippen molar-refractivity contribution in [1.82, 2.24) is 5.32 Å². The molecule has 1 unspecified atom stereocenters. The average Bonchev–Trinajstić information content (AvgIpc) is 3.20. The van der Waals surface area contributed by atoms with Crippen LogP contribution in [0.25, 0.3) is 0 Å². The number of anilines is 2. The Morgan fingerprint density at radius 3 is 1.94 bits per heavy atom. The van der Waals surface area contributed by atoms with Crippen molar-refractivity contribution < 1.29 is 13.6 Å². The first-order chi connectivity index (χ1) is 16.1. The maximum absolute atomic E-state index is 15.4.